The number of aromatic nitrogens is 3. The molecule has 2 heterocycles. The van der Waals surface area contributed by atoms with Crippen molar-refractivity contribution in [3.05, 3.63) is 12.2 Å². The Labute approximate surface area is 139 Å². The summed E-state index contributed by atoms with van der Waals surface area (Å²) >= 11 is 0. The molecule has 1 aliphatic rings. The number of likely N-dealkylation sites (tertiary alicyclic amines) is 1. The molecule has 1 atom stereocenters. The van der Waals surface area contributed by atoms with Gasteiger partial charge in [-0.05, 0) is 31.8 Å². The molecule has 1 fully saturated rings. The van der Waals surface area contributed by atoms with Crippen LogP contribution in [-0.2, 0) is 13.0 Å². The van der Waals surface area contributed by atoms with E-state index in [2.05, 4.69) is 49.1 Å². The first-order valence-electron chi connectivity index (χ1n) is 8.76. The molecule has 0 aliphatic carbocycles. The van der Waals surface area contributed by atoms with Crippen molar-refractivity contribution in [2.75, 3.05) is 39.8 Å². The molecule has 1 aliphatic heterocycles. The molecule has 1 saturated heterocycles. The van der Waals surface area contributed by atoms with E-state index in [0.717, 1.165) is 37.8 Å². The largest absolute Gasteiger partial charge is 0.356 e. The highest BCUT2D eigenvalue weighted by Gasteiger charge is 2.14. The number of nitrogens with one attached hydrogen (secondary N) is 2. The zero-order chi connectivity index (χ0) is 16.5. The van der Waals surface area contributed by atoms with Crippen LogP contribution in [0.2, 0.25) is 0 Å². The summed E-state index contributed by atoms with van der Waals surface area (Å²) in [6, 6.07) is 0. The van der Waals surface area contributed by atoms with Crippen LogP contribution in [0.25, 0.3) is 0 Å². The van der Waals surface area contributed by atoms with Crippen molar-refractivity contribution >= 4 is 5.96 Å². The summed E-state index contributed by atoms with van der Waals surface area (Å²) in [6.45, 7) is 10.7. The van der Waals surface area contributed by atoms with E-state index in [1.165, 1.54) is 32.5 Å². The highest BCUT2D eigenvalue weighted by Crippen LogP contribution is 2.09. The lowest BCUT2D eigenvalue weighted by Gasteiger charge is -2.21. The Morgan fingerprint density at radius 1 is 1.35 bits per heavy atom. The van der Waals surface area contributed by atoms with E-state index in [4.69, 9.17) is 0 Å². The molecular weight excluding hydrogens is 290 g/mol. The number of aliphatic imine (C=N–C) groups is 1. The summed E-state index contributed by atoms with van der Waals surface area (Å²) in [6.07, 6.45) is 5.40. The quantitative estimate of drug-likeness (QED) is 0.546. The number of rotatable bonds is 8. The molecule has 0 amide bonds. The van der Waals surface area contributed by atoms with E-state index in [-0.39, 0.29) is 0 Å². The second-order valence-electron chi connectivity index (χ2n) is 6.29. The van der Waals surface area contributed by atoms with Crippen LogP contribution in [0.1, 0.15) is 32.5 Å². The van der Waals surface area contributed by atoms with E-state index in [0.29, 0.717) is 5.92 Å². The van der Waals surface area contributed by atoms with Crippen molar-refractivity contribution in [3.63, 3.8) is 0 Å². The van der Waals surface area contributed by atoms with Gasteiger partial charge in [0, 0.05) is 39.6 Å². The van der Waals surface area contributed by atoms with E-state index in [1.54, 1.807) is 6.33 Å². The van der Waals surface area contributed by atoms with Crippen LogP contribution >= 0.6 is 0 Å². The van der Waals surface area contributed by atoms with Crippen molar-refractivity contribution in [2.45, 2.75) is 39.7 Å². The highest BCUT2D eigenvalue weighted by molar-refractivity contribution is 5.79. The Morgan fingerprint density at radius 3 is 2.83 bits per heavy atom. The molecule has 0 spiro atoms. The Morgan fingerprint density at radius 2 is 2.13 bits per heavy atom. The van der Waals surface area contributed by atoms with Gasteiger partial charge in [0.25, 0.3) is 0 Å². The molecule has 0 aromatic carbocycles. The number of nitrogens with zero attached hydrogens (tertiary/aromatic N) is 5. The maximum Gasteiger partial charge on any atom is 0.191 e. The fraction of sp³-hybridized carbons (Fsp3) is 0.812. The Hall–Kier alpha value is -1.63. The molecule has 23 heavy (non-hydrogen) atoms. The maximum absolute atomic E-state index is 4.29. The van der Waals surface area contributed by atoms with Gasteiger partial charge < -0.3 is 20.1 Å². The molecule has 7 nitrogen and oxygen atoms in total. The summed E-state index contributed by atoms with van der Waals surface area (Å²) in [4.78, 5) is 6.85. The van der Waals surface area contributed by atoms with Gasteiger partial charge >= 0.3 is 0 Å². The van der Waals surface area contributed by atoms with Gasteiger partial charge in [-0.3, -0.25) is 4.99 Å². The second kappa shape index (κ2) is 9.50. The molecule has 0 bridgehead atoms. The molecule has 0 saturated carbocycles. The average Bonchev–Trinajstić information content (AvgIpc) is 3.21. The number of hydrogen-bond acceptors (Lipinski definition) is 4. The van der Waals surface area contributed by atoms with Crippen LogP contribution < -0.4 is 10.6 Å². The van der Waals surface area contributed by atoms with Gasteiger partial charge in [0.1, 0.15) is 12.2 Å². The van der Waals surface area contributed by atoms with Gasteiger partial charge in [-0.2, -0.15) is 0 Å². The van der Waals surface area contributed by atoms with Crippen molar-refractivity contribution in [2.24, 2.45) is 10.9 Å². The van der Waals surface area contributed by atoms with E-state index in [1.807, 2.05) is 7.05 Å². The van der Waals surface area contributed by atoms with Crippen LogP contribution in [0.5, 0.6) is 0 Å². The molecular formula is C16H31N7. The summed E-state index contributed by atoms with van der Waals surface area (Å²) in [5.41, 5.74) is 0. The lowest BCUT2D eigenvalue weighted by molar-refractivity contribution is 0.287. The smallest absolute Gasteiger partial charge is 0.191 e. The first kappa shape index (κ1) is 17.7. The molecule has 7 heteroatoms. The fourth-order valence-corrected chi connectivity index (χ4v) is 3.00. The summed E-state index contributed by atoms with van der Waals surface area (Å²) < 4.78 is 2.08. The molecule has 1 aromatic heterocycles. The second-order valence-corrected chi connectivity index (χ2v) is 6.29. The first-order valence-corrected chi connectivity index (χ1v) is 8.76. The SMILES string of the molecule is CCc1nncn1CCNC(=NC)NCC(C)CN1CCCC1. The number of hydrogen-bond donors (Lipinski definition) is 2. The lowest BCUT2D eigenvalue weighted by atomic mass is 10.1. The zero-order valence-electron chi connectivity index (χ0n) is 14.8. The Kier molecular flexibility index (Phi) is 7.32. The Balaban J connectivity index is 1.64. The summed E-state index contributed by atoms with van der Waals surface area (Å²) in [5, 5.41) is 14.8. The monoisotopic (exact) mass is 321 g/mol. The topological polar surface area (TPSA) is 70.4 Å². The predicted molar refractivity (Wildman–Crippen MR) is 93.6 cm³/mol. The third kappa shape index (κ3) is 5.82. The van der Waals surface area contributed by atoms with Gasteiger partial charge in [-0.1, -0.05) is 13.8 Å². The summed E-state index contributed by atoms with van der Waals surface area (Å²) in [7, 11) is 1.82. The molecule has 1 aromatic rings. The molecule has 1 unspecified atom stereocenters. The van der Waals surface area contributed by atoms with Crippen molar-refractivity contribution < 1.29 is 0 Å². The van der Waals surface area contributed by atoms with E-state index < -0.39 is 0 Å². The summed E-state index contributed by atoms with van der Waals surface area (Å²) in [5.74, 6) is 2.51. The van der Waals surface area contributed by atoms with Crippen LogP contribution in [0, 0.1) is 5.92 Å². The standard InChI is InChI=1S/C16H31N7/c1-4-15-21-20-13-23(15)10-7-18-16(17-3)19-11-14(2)12-22-8-5-6-9-22/h13-14H,4-12H2,1-3H3,(H2,17,18,19). The van der Waals surface area contributed by atoms with Crippen LogP contribution in [0.15, 0.2) is 11.3 Å². The van der Waals surface area contributed by atoms with Crippen LogP contribution in [0.4, 0.5) is 0 Å². The average molecular weight is 321 g/mol. The van der Waals surface area contributed by atoms with Crippen LogP contribution in [-0.4, -0.2) is 65.4 Å². The van der Waals surface area contributed by atoms with Crippen LogP contribution in [0.3, 0.4) is 0 Å². The normalized spacial score (nSPS) is 17.4. The van der Waals surface area contributed by atoms with Gasteiger partial charge in [0.15, 0.2) is 5.96 Å². The third-order valence-corrected chi connectivity index (χ3v) is 4.27. The maximum atomic E-state index is 4.29. The van der Waals surface area contributed by atoms with Crippen molar-refractivity contribution in [1.82, 2.24) is 30.3 Å². The minimum Gasteiger partial charge on any atom is -0.356 e. The molecule has 130 valence electrons. The minimum atomic E-state index is 0.621. The molecule has 0 radical (unpaired) electrons. The Bertz CT molecular complexity index is 477. The third-order valence-electron chi connectivity index (χ3n) is 4.27. The lowest BCUT2D eigenvalue weighted by Crippen LogP contribution is -2.42. The van der Waals surface area contributed by atoms with Crippen molar-refractivity contribution in [1.29, 1.82) is 0 Å². The molecule has 2 rings (SSSR count). The number of aryl methyl sites for hydroxylation is 1. The fourth-order valence-electron chi connectivity index (χ4n) is 3.00. The van der Waals surface area contributed by atoms with E-state index in [9.17, 15) is 0 Å². The van der Waals surface area contributed by atoms with Gasteiger partial charge in [-0.15, -0.1) is 10.2 Å². The number of guanidine groups is 1. The first-order chi connectivity index (χ1) is 11.2. The zero-order valence-corrected chi connectivity index (χ0v) is 14.8. The van der Waals surface area contributed by atoms with E-state index >= 15 is 0 Å². The minimum absolute atomic E-state index is 0.621. The van der Waals surface area contributed by atoms with Crippen molar-refractivity contribution in [3.8, 4) is 0 Å². The highest BCUT2D eigenvalue weighted by atomic mass is 15.3. The predicted octanol–water partition coefficient (Wildman–Crippen LogP) is 0.737. The van der Waals surface area contributed by atoms with Gasteiger partial charge in [-0.25, -0.2) is 0 Å². The van der Waals surface area contributed by atoms with Gasteiger partial charge in [0.05, 0.1) is 0 Å². The molecule has 2 N–H and O–H groups in total. The van der Waals surface area contributed by atoms with Gasteiger partial charge in [0.2, 0.25) is 0 Å².